The van der Waals surface area contributed by atoms with Crippen molar-refractivity contribution in [1.29, 1.82) is 0 Å². The van der Waals surface area contributed by atoms with Gasteiger partial charge < -0.3 is 29.7 Å². The summed E-state index contributed by atoms with van der Waals surface area (Å²) >= 11 is 7.88. The number of sulfonamides is 1. The number of nitrogens with zero attached hydrogens (tertiary/aromatic N) is 5. The quantitative estimate of drug-likeness (QED) is 0.0429. The summed E-state index contributed by atoms with van der Waals surface area (Å²) in [5.74, 6) is -0.317. The molecule has 1 aliphatic rings. The Balaban J connectivity index is 1.02. The molecule has 6 aromatic rings. The van der Waals surface area contributed by atoms with Crippen LogP contribution >= 0.6 is 23.4 Å². The number of carboxylic acids is 1. The first-order chi connectivity index (χ1) is 30.7. The molecule has 0 unspecified atom stereocenters. The van der Waals surface area contributed by atoms with Crippen LogP contribution in [-0.4, -0.2) is 92.5 Å². The minimum Gasteiger partial charge on any atom is -0.478 e. The Labute approximate surface area is 383 Å². The van der Waals surface area contributed by atoms with Gasteiger partial charge in [-0.3, -0.25) is 14.8 Å². The van der Waals surface area contributed by atoms with Gasteiger partial charge >= 0.3 is 5.97 Å². The molecule has 3 N–H and O–H groups in total. The lowest BCUT2D eigenvalue weighted by atomic mass is 9.96. The molecule has 0 amide bonds. The molecule has 1 aliphatic heterocycles. The molecule has 1 atom stereocenters. The highest BCUT2D eigenvalue weighted by molar-refractivity contribution is 7.99. The standard InChI is InChI=1S/C48H52ClN7O6S2/c1-5-55-33(2)45(48(57)58)46(47(55)34-14-16-36(49)17-15-34)35-10-9-11-40(30-35)54-28-26-53(27-29-54)39-20-18-37(19-21-39)51-64(61,62)42-22-23-43(44(31-42)56(59)60)50-38(24-25-52(3)4)32-63-41-12-7-6-8-13-41/h6-23,30-31,38,50-51H,5,24-29,32H2,1-4H3,(H,57,58)/t38-/m1/s1. The van der Waals surface area contributed by atoms with E-state index < -0.39 is 20.9 Å². The average Bonchev–Trinajstić information content (AvgIpc) is 3.60. The van der Waals surface area contributed by atoms with Gasteiger partial charge in [-0.1, -0.05) is 54.1 Å². The number of aromatic carboxylic acids is 1. The Morgan fingerprint density at radius 1 is 0.875 bits per heavy atom. The van der Waals surface area contributed by atoms with Gasteiger partial charge in [0.2, 0.25) is 0 Å². The monoisotopic (exact) mass is 921 g/mol. The van der Waals surface area contributed by atoms with Crippen LogP contribution in [-0.2, 0) is 16.6 Å². The smallest absolute Gasteiger partial charge is 0.338 e. The van der Waals surface area contributed by atoms with Gasteiger partial charge in [0.1, 0.15) is 5.69 Å². The van der Waals surface area contributed by atoms with Gasteiger partial charge in [0, 0.05) is 88.8 Å². The zero-order valence-electron chi connectivity index (χ0n) is 36.2. The topological polar surface area (TPSA) is 153 Å². The van der Waals surface area contributed by atoms with E-state index in [-0.39, 0.29) is 27.9 Å². The lowest BCUT2D eigenvalue weighted by Gasteiger charge is -2.37. The number of halogens is 1. The lowest BCUT2D eigenvalue weighted by Crippen LogP contribution is -2.46. The first kappa shape index (κ1) is 46.0. The molecule has 16 heteroatoms. The zero-order valence-corrected chi connectivity index (χ0v) is 38.6. The molecule has 0 radical (unpaired) electrons. The fourth-order valence-corrected chi connectivity index (χ4v) is 10.3. The van der Waals surface area contributed by atoms with Crippen LogP contribution in [0.4, 0.5) is 28.4 Å². The van der Waals surface area contributed by atoms with Crippen LogP contribution < -0.4 is 19.8 Å². The number of aromatic nitrogens is 1. The van der Waals surface area contributed by atoms with Crippen molar-refractivity contribution in [3.63, 3.8) is 0 Å². The Kier molecular flexibility index (Phi) is 14.5. The van der Waals surface area contributed by atoms with E-state index in [1.54, 1.807) is 23.9 Å². The second-order valence-electron chi connectivity index (χ2n) is 15.9. The first-order valence-electron chi connectivity index (χ1n) is 21.1. The van der Waals surface area contributed by atoms with E-state index in [4.69, 9.17) is 11.6 Å². The van der Waals surface area contributed by atoms with Gasteiger partial charge in [-0.2, -0.15) is 0 Å². The summed E-state index contributed by atoms with van der Waals surface area (Å²) in [7, 11) is -0.218. The molecule has 0 spiro atoms. The molecular weight excluding hydrogens is 870 g/mol. The molecular formula is C48H52ClN7O6S2. The first-order valence-corrected chi connectivity index (χ1v) is 23.9. The molecule has 5 aromatic carbocycles. The second kappa shape index (κ2) is 20.2. The molecule has 1 aromatic heterocycles. The maximum atomic E-state index is 13.6. The molecule has 0 saturated carbocycles. The van der Waals surface area contributed by atoms with E-state index in [2.05, 4.69) is 30.8 Å². The highest BCUT2D eigenvalue weighted by Gasteiger charge is 2.28. The number of nitrogens with one attached hydrogen (secondary N) is 2. The van der Waals surface area contributed by atoms with Crippen molar-refractivity contribution in [2.75, 3.05) is 72.4 Å². The van der Waals surface area contributed by atoms with E-state index in [9.17, 15) is 28.4 Å². The number of nitro benzene ring substituents is 1. The minimum absolute atomic E-state index is 0.114. The van der Waals surface area contributed by atoms with Crippen LogP contribution in [0.5, 0.6) is 0 Å². The maximum absolute atomic E-state index is 13.6. The van der Waals surface area contributed by atoms with Gasteiger partial charge in [-0.15, -0.1) is 11.8 Å². The molecule has 64 heavy (non-hydrogen) atoms. The Morgan fingerprint density at radius 3 is 2.17 bits per heavy atom. The average molecular weight is 923 g/mol. The van der Waals surface area contributed by atoms with Crippen molar-refractivity contribution in [1.82, 2.24) is 9.47 Å². The Hall–Kier alpha value is -6.00. The van der Waals surface area contributed by atoms with Gasteiger partial charge in [0.15, 0.2) is 0 Å². The predicted molar refractivity (Wildman–Crippen MR) is 260 cm³/mol. The number of nitro groups is 1. The summed E-state index contributed by atoms with van der Waals surface area (Å²) in [5.41, 5.74) is 6.35. The lowest BCUT2D eigenvalue weighted by molar-refractivity contribution is -0.384. The van der Waals surface area contributed by atoms with E-state index >= 15 is 0 Å². The van der Waals surface area contributed by atoms with Crippen LogP contribution in [0.2, 0.25) is 5.02 Å². The summed E-state index contributed by atoms with van der Waals surface area (Å²) in [6.45, 7) is 8.02. The fraction of sp³-hybridized carbons (Fsp3) is 0.271. The van der Waals surface area contributed by atoms with E-state index in [0.29, 0.717) is 60.4 Å². The number of piperazine rings is 1. The van der Waals surface area contributed by atoms with E-state index in [0.717, 1.165) is 52.1 Å². The molecule has 0 aliphatic carbocycles. The van der Waals surface area contributed by atoms with Gasteiger partial charge in [0.25, 0.3) is 15.7 Å². The summed E-state index contributed by atoms with van der Waals surface area (Å²) in [6, 6.07) is 36.4. The third kappa shape index (κ3) is 10.7. The normalized spacial score (nSPS) is 13.5. The molecule has 1 fully saturated rings. The van der Waals surface area contributed by atoms with Gasteiger partial charge in [-0.05, 0) is 125 Å². The SMILES string of the molecule is CCn1c(C)c(C(=O)O)c(-c2cccc(N3CCN(c4ccc(NS(=O)(=O)c5ccc(N[C@H](CCN(C)C)CSc6ccccc6)c([N+](=O)[O-])c5)cc4)CC3)c2)c1-c1ccc(Cl)cc1. The number of anilines is 4. The van der Waals surface area contributed by atoms with Crippen molar-refractivity contribution in [2.45, 2.75) is 42.6 Å². The molecule has 0 bridgehead atoms. The molecule has 1 saturated heterocycles. The molecule has 7 rings (SSSR count). The number of benzene rings is 5. The molecule has 2 heterocycles. The summed E-state index contributed by atoms with van der Waals surface area (Å²) < 4.78 is 31.8. The zero-order chi connectivity index (χ0) is 45.5. The van der Waals surface area contributed by atoms with Crippen LogP contribution in [0.3, 0.4) is 0 Å². The Bertz CT molecular complexity index is 2710. The van der Waals surface area contributed by atoms with Crippen LogP contribution in [0, 0.1) is 17.0 Å². The second-order valence-corrected chi connectivity index (χ2v) is 19.1. The van der Waals surface area contributed by atoms with Crippen molar-refractivity contribution < 1.29 is 23.2 Å². The maximum Gasteiger partial charge on any atom is 0.338 e. The summed E-state index contributed by atoms with van der Waals surface area (Å²) in [4.78, 5) is 31.9. The number of hydrogen-bond acceptors (Lipinski definition) is 10. The van der Waals surface area contributed by atoms with Crippen molar-refractivity contribution in [3.8, 4) is 22.4 Å². The highest BCUT2D eigenvalue weighted by atomic mass is 35.5. The molecule has 334 valence electrons. The molecule has 13 nitrogen and oxygen atoms in total. The third-order valence-corrected chi connectivity index (χ3v) is 14.2. The minimum atomic E-state index is -4.16. The van der Waals surface area contributed by atoms with E-state index in [1.165, 1.54) is 12.1 Å². The largest absolute Gasteiger partial charge is 0.478 e. The summed E-state index contributed by atoms with van der Waals surface area (Å²) in [6.07, 6.45) is 0.726. The number of hydrogen-bond donors (Lipinski definition) is 3. The summed E-state index contributed by atoms with van der Waals surface area (Å²) in [5, 5.41) is 26.6. The Morgan fingerprint density at radius 2 is 1.55 bits per heavy atom. The number of rotatable bonds is 18. The third-order valence-electron chi connectivity index (χ3n) is 11.4. The van der Waals surface area contributed by atoms with Crippen LogP contribution in [0.1, 0.15) is 29.4 Å². The van der Waals surface area contributed by atoms with Crippen molar-refractivity contribution in [2.24, 2.45) is 0 Å². The fourth-order valence-electron chi connectivity index (χ4n) is 8.11. The number of carboxylic acid groups (broad SMARTS) is 1. The van der Waals surface area contributed by atoms with Crippen molar-refractivity contribution >= 4 is 67.8 Å². The number of thioether (sulfide) groups is 1. The van der Waals surface area contributed by atoms with E-state index in [1.807, 2.05) is 117 Å². The van der Waals surface area contributed by atoms with Gasteiger partial charge in [0.05, 0.1) is 21.1 Å². The van der Waals surface area contributed by atoms with Gasteiger partial charge in [-0.25, -0.2) is 13.2 Å². The highest BCUT2D eigenvalue weighted by Crippen LogP contribution is 2.41. The number of carbonyl (C=O) groups is 1. The van der Waals surface area contributed by atoms with Crippen LogP contribution in [0.25, 0.3) is 22.4 Å². The van der Waals surface area contributed by atoms with Crippen LogP contribution in [0.15, 0.2) is 131 Å². The van der Waals surface area contributed by atoms with Crippen molar-refractivity contribution in [3.05, 3.63) is 148 Å². The predicted octanol–water partition coefficient (Wildman–Crippen LogP) is 10.1.